The van der Waals surface area contributed by atoms with Crippen molar-refractivity contribution in [2.75, 3.05) is 33.8 Å². The van der Waals surface area contributed by atoms with Crippen molar-refractivity contribution >= 4 is 0 Å². The molecule has 0 aliphatic carbocycles. The topological polar surface area (TPSA) is 24.5 Å². The Bertz CT molecular complexity index is 310. The quantitative estimate of drug-likeness (QED) is 0.788. The Balaban J connectivity index is 2.13. The van der Waals surface area contributed by atoms with Crippen LogP contribution in [0.1, 0.15) is 11.6 Å². The third-order valence-corrected chi connectivity index (χ3v) is 3.01. The molecule has 1 aromatic carbocycles. The first-order valence-corrected chi connectivity index (χ1v) is 5.36. The van der Waals surface area contributed by atoms with Gasteiger partial charge in [-0.05, 0) is 24.7 Å². The molecule has 1 atom stereocenters. The average molecular weight is 206 g/mol. The molecule has 1 saturated heterocycles. The number of piperazine rings is 1. The van der Waals surface area contributed by atoms with Gasteiger partial charge in [-0.15, -0.1) is 0 Å². The van der Waals surface area contributed by atoms with E-state index in [0.717, 1.165) is 25.4 Å². The minimum Gasteiger partial charge on any atom is -0.497 e. The maximum Gasteiger partial charge on any atom is 0.118 e. The minimum atomic E-state index is 0.490. The van der Waals surface area contributed by atoms with Gasteiger partial charge in [0.1, 0.15) is 5.75 Å². The summed E-state index contributed by atoms with van der Waals surface area (Å²) in [6, 6.07) is 8.83. The molecule has 3 heteroatoms. The van der Waals surface area contributed by atoms with E-state index in [1.165, 1.54) is 5.56 Å². The standard InChI is InChI=1S/C12H18N2O/c1-14-8-7-13-9-12(14)10-3-5-11(15-2)6-4-10/h3-6,12-13H,7-9H2,1-2H3/t12-/m0/s1. The van der Waals surface area contributed by atoms with E-state index in [1.54, 1.807) is 7.11 Å². The van der Waals surface area contributed by atoms with Gasteiger partial charge in [-0.3, -0.25) is 4.90 Å². The summed E-state index contributed by atoms with van der Waals surface area (Å²) in [6.45, 7) is 3.22. The van der Waals surface area contributed by atoms with Crippen molar-refractivity contribution in [2.24, 2.45) is 0 Å². The zero-order chi connectivity index (χ0) is 10.7. The smallest absolute Gasteiger partial charge is 0.118 e. The molecule has 0 saturated carbocycles. The van der Waals surface area contributed by atoms with Crippen LogP contribution in [0.4, 0.5) is 0 Å². The van der Waals surface area contributed by atoms with Crippen LogP contribution >= 0.6 is 0 Å². The summed E-state index contributed by atoms with van der Waals surface area (Å²) in [7, 11) is 3.87. The van der Waals surface area contributed by atoms with E-state index in [0.29, 0.717) is 6.04 Å². The van der Waals surface area contributed by atoms with Gasteiger partial charge in [0.2, 0.25) is 0 Å². The van der Waals surface area contributed by atoms with E-state index in [9.17, 15) is 0 Å². The van der Waals surface area contributed by atoms with Crippen LogP contribution in [0.3, 0.4) is 0 Å². The van der Waals surface area contributed by atoms with E-state index < -0.39 is 0 Å². The van der Waals surface area contributed by atoms with Gasteiger partial charge in [-0.25, -0.2) is 0 Å². The van der Waals surface area contributed by atoms with Crippen LogP contribution < -0.4 is 10.1 Å². The Labute approximate surface area is 91.0 Å². The number of hydrogen-bond donors (Lipinski definition) is 1. The largest absolute Gasteiger partial charge is 0.497 e. The second kappa shape index (κ2) is 4.64. The van der Waals surface area contributed by atoms with Gasteiger partial charge in [-0.1, -0.05) is 12.1 Å². The SMILES string of the molecule is COc1ccc([C@@H]2CNCCN2C)cc1. The van der Waals surface area contributed by atoms with Crippen molar-refractivity contribution in [1.82, 2.24) is 10.2 Å². The van der Waals surface area contributed by atoms with Gasteiger partial charge in [0.05, 0.1) is 7.11 Å². The second-order valence-corrected chi connectivity index (χ2v) is 3.97. The molecule has 0 amide bonds. The van der Waals surface area contributed by atoms with E-state index in [2.05, 4.69) is 29.4 Å². The number of hydrogen-bond acceptors (Lipinski definition) is 3. The molecule has 82 valence electrons. The molecule has 3 nitrogen and oxygen atoms in total. The van der Waals surface area contributed by atoms with E-state index in [-0.39, 0.29) is 0 Å². The lowest BCUT2D eigenvalue weighted by atomic mass is 10.0. The Kier molecular flexibility index (Phi) is 3.23. The highest BCUT2D eigenvalue weighted by Crippen LogP contribution is 2.22. The predicted molar refractivity (Wildman–Crippen MR) is 61.2 cm³/mol. The number of nitrogens with one attached hydrogen (secondary N) is 1. The van der Waals surface area contributed by atoms with Crippen LogP contribution in [0.15, 0.2) is 24.3 Å². The lowest BCUT2D eigenvalue weighted by molar-refractivity contribution is 0.202. The summed E-state index contributed by atoms with van der Waals surface area (Å²) in [5.41, 5.74) is 1.35. The number of rotatable bonds is 2. The molecular formula is C12H18N2O. The lowest BCUT2D eigenvalue weighted by Crippen LogP contribution is -2.43. The van der Waals surface area contributed by atoms with E-state index >= 15 is 0 Å². The molecule has 0 bridgehead atoms. The summed E-state index contributed by atoms with van der Waals surface area (Å²) in [5.74, 6) is 0.921. The molecule has 1 aliphatic rings. The zero-order valence-corrected chi connectivity index (χ0v) is 9.36. The molecule has 0 radical (unpaired) electrons. The molecule has 1 N–H and O–H groups in total. The van der Waals surface area contributed by atoms with Gasteiger partial charge < -0.3 is 10.1 Å². The maximum atomic E-state index is 5.15. The first-order chi connectivity index (χ1) is 7.31. The third kappa shape index (κ3) is 2.30. The van der Waals surface area contributed by atoms with Crippen LogP contribution in [0.5, 0.6) is 5.75 Å². The van der Waals surface area contributed by atoms with Crippen molar-refractivity contribution in [3.63, 3.8) is 0 Å². The van der Waals surface area contributed by atoms with Crippen molar-refractivity contribution in [3.05, 3.63) is 29.8 Å². The zero-order valence-electron chi connectivity index (χ0n) is 9.36. The molecule has 1 fully saturated rings. The fourth-order valence-corrected chi connectivity index (χ4v) is 2.00. The van der Waals surface area contributed by atoms with Crippen molar-refractivity contribution in [2.45, 2.75) is 6.04 Å². The average Bonchev–Trinajstić information content (AvgIpc) is 2.30. The number of benzene rings is 1. The van der Waals surface area contributed by atoms with Gasteiger partial charge in [0.15, 0.2) is 0 Å². The van der Waals surface area contributed by atoms with E-state index in [4.69, 9.17) is 4.74 Å². The minimum absolute atomic E-state index is 0.490. The highest BCUT2D eigenvalue weighted by Gasteiger charge is 2.19. The Morgan fingerprint density at radius 2 is 2.07 bits per heavy atom. The van der Waals surface area contributed by atoms with Crippen LogP contribution in [-0.4, -0.2) is 38.7 Å². The van der Waals surface area contributed by atoms with Gasteiger partial charge >= 0.3 is 0 Å². The van der Waals surface area contributed by atoms with Gasteiger partial charge in [0, 0.05) is 25.7 Å². The monoisotopic (exact) mass is 206 g/mol. The molecule has 0 spiro atoms. The van der Waals surface area contributed by atoms with Crippen molar-refractivity contribution in [1.29, 1.82) is 0 Å². The molecule has 15 heavy (non-hydrogen) atoms. The highest BCUT2D eigenvalue weighted by molar-refractivity contribution is 5.29. The first-order valence-electron chi connectivity index (χ1n) is 5.36. The number of likely N-dealkylation sites (N-methyl/N-ethyl adjacent to an activating group) is 1. The lowest BCUT2D eigenvalue weighted by Gasteiger charge is -2.33. The van der Waals surface area contributed by atoms with Crippen molar-refractivity contribution < 1.29 is 4.74 Å². The molecule has 0 aromatic heterocycles. The summed E-state index contributed by atoms with van der Waals surface area (Å²) in [5, 5.41) is 3.42. The third-order valence-electron chi connectivity index (χ3n) is 3.01. The summed E-state index contributed by atoms with van der Waals surface area (Å²) in [6.07, 6.45) is 0. The second-order valence-electron chi connectivity index (χ2n) is 3.97. The highest BCUT2D eigenvalue weighted by atomic mass is 16.5. The fourth-order valence-electron chi connectivity index (χ4n) is 2.00. The molecule has 1 aromatic rings. The molecule has 1 aliphatic heterocycles. The summed E-state index contributed by atoms with van der Waals surface area (Å²) < 4.78 is 5.15. The van der Waals surface area contributed by atoms with Gasteiger partial charge in [-0.2, -0.15) is 0 Å². The van der Waals surface area contributed by atoms with Crippen LogP contribution in [0.25, 0.3) is 0 Å². The Morgan fingerprint density at radius 1 is 1.33 bits per heavy atom. The molecule has 1 heterocycles. The van der Waals surface area contributed by atoms with Crippen molar-refractivity contribution in [3.8, 4) is 5.75 Å². The molecule has 2 rings (SSSR count). The first kappa shape index (κ1) is 10.5. The molecular weight excluding hydrogens is 188 g/mol. The Morgan fingerprint density at radius 3 is 2.67 bits per heavy atom. The fraction of sp³-hybridized carbons (Fsp3) is 0.500. The number of ether oxygens (including phenoxy) is 1. The maximum absolute atomic E-state index is 5.15. The van der Waals surface area contributed by atoms with Crippen LogP contribution in [-0.2, 0) is 0 Å². The summed E-state index contributed by atoms with van der Waals surface area (Å²) in [4.78, 5) is 2.39. The number of methoxy groups -OCH3 is 1. The van der Waals surface area contributed by atoms with Gasteiger partial charge in [0.25, 0.3) is 0 Å². The van der Waals surface area contributed by atoms with Crippen LogP contribution in [0, 0.1) is 0 Å². The van der Waals surface area contributed by atoms with Crippen LogP contribution in [0.2, 0.25) is 0 Å². The van der Waals surface area contributed by atoms with E-state index in [1.807, 2.05) is 12.1 Å². The summed E-state index contributed by atoms with van der Waals surface area (Å²) >= 11 is 0. The number of nitrogens with zero attached hydrogens (tertiary/aromatic N) is 1. The predicted octanol–water partition coefficient (Wildman–Crippen LogP) is 1.27. The Hall–Kier alpha value is -1.06. The molecule has 0 unspecified atom stereocenters. The normalized spacial score (nSPS) is 22.7.